The van der Waals surface area contributed by atoms with Crippen LogP contribution in [0, 0.1) is 0 Å². The number of carbonyl (C=O) groups is 2. The molecule has 0 saturated carbocycles. The first-order valence-electron chi connectivity index (χ1n) is 9.27. The monoisotopic (exact) mass is 399 g/mol. The summed E-state index contributed by atoms with van der Waals surface area (Å²) in [6, 6.07) is 11.9. The van der Waals surface area contributed by atoms with Crippen LogP contribution in [-0.2, 0) is 9.53 Å². The Hall–Kier alpha value is -2.48. The number of hydrogen-bond donors (Lipinski definition) is 1. The maximum Gasteiger partial charge on any atom is 0.340 e. The van der Waals surface area contributed by atoms with E-state index in [4.69, 9.17) is 4.74 Å². The highest BCUT2D eigenvalue weighted by molar-refractivity contribution is 7.14. The van der Waals surface area contributed by atoms with Crippen LogP contribution in [0.4, 0.5) is 5.00 Å². The molecule has 1 amide bonds. The highest BCUT2D eigenvalue weighted by atomic mass is 32.1. The molecule has 1 aromatic carbocycles. The molecule has 7 heteroatoms. The smallest absolute Gasteiger partial charge is 0.340 e. The first-order chi connectivity index (χ1) is 13.7. The van der Waals surface area contributed by atoms with Crippen molar-refractivity contribution in [2.24, 2.45) is 0 Å². The van der Waals surface area contributed by atoms with Gasteiger partial charge in [-0.25, -0.2) is 4.79 Å². The van der Waals surface area contributed by atoms with Gasteiger partial charge in [-0.1, -0.05) is 42.5 Å². The van der Waals surface area contributed by atoms with Gasteiger partial charge in [-0.15, -0.1) is 11.3 Å². The predicted molar refractivity (Wildman–Crippen MR) is 113 cm³/mol. The van der Waals surface area contributed by atoms with Gasteiger partial charge in [0.15, 0.2) is 0 Å². The number of nitrogens with zero attached hydrogens (tertiary/aromatic N) is 2. The first-order valence-corrected chi connectivity index (χ1v) is 10.2. The van der Waals surface area contributed by atoms with Gasteiger partial charge in [0, 0.05) is 32.7 Å². The number of esters is 1. The Morgan fingerprint density at radius 2 is 1.82 bits per heavy atom. The normalized spacial score (nSPS) is 15.6. The van der Waals surface area contributed by atoms with E-state index < -0.39 is 5.97 Å². The van der Waals surface area contributed by atoms with Crippen LogP contribution in [0.5, 0.6) is 0 Å². The molecule has 0 atom stereocenters. The largest absolute Gasteiger partial charge is 0.465 e. The third-order valence-corrected chi connectivity index (χ3v) is 5.46. The zero-order valence-electron chi connectivity index (χ0n) is 16.0. The quantitative estimate of drug-likeness (QED) is 0.726. The van der Waals surface area contributed by atoms with Crippen molar-refractivity contribution in [1.29, 1.82) is 0 Å². The van der Waals surface area contributed by atoms with Gasteiger partial charge in [0.1, 0.15) is 5.00 Å². The summed E-state index contributed by atoms with van der Waals surface area (Å²) in [5.41, 5.74) is 1.61. The summed E-state index contributed by atoms with van der Waals surface area (Å²) >= 11 is 1.32. The number of nitrogens with one attached hydrogen (secondary N) is 1. The summed E-state index contributed by atoms with van der Waals surface area (Å²) in [4.78, 5) is 28.5. The molecule has 0 radical (unpaired) electrons. The zero-order chi connectivity index (χ0) is 19.8. The summed E-state index contributed by atoms with van der Waals surface area (Å²) < 4.78 is 4.73. The molecular weight excluding hydrogens is 374 g/mol. The van der Waals surface area contributed by atoms with E-state index >= 15 is 0 Å². The second kappa shape index (κ2) is 10.2. The summed E-state index contributed by atoms with van der Waals surface area (Å²) in [6.45, 7) is 4.79. The lowest BCUT2D eigenvalue weighted by atomic mass is 10.2. The van der Waals surface area contributed by atoms with Crippen LogP contribution < -0.4 is 5.32 Å². The van der Waals surface area contributed by atoms with Gasteiger partial charge in [0.05, 0.1) is 19.2 Å². The second-order valence-electron chi connectivity index (χ2n) is 6.59. The topological polar surface area (TPSA) is 61.9 Å². The fourth-order valence-electron chi connectivity index (χ4n) is 3.08. The minimum Gasteiger partial charge on any atom is -0.465 e. The van der Waals surface area contributed by atoms with E-state index in [-0.39, 0.29) is 5.91 Å². The van der Waals surface area contributed by atoms with Crippen molar-refractivity contribution < 1.29 is 14.3 Å². The minimum absolute atomic E-state index is 0.106. The summed E-state index contributed by atoms with van der Waals surface area (Å²) in [5.74, 6) is -0.543. The number of benzene rings is 1. The number of ether oxygens (including phenoxy) is 1. The van der Waals surface area contributed by atoms with Crippen molar-refractivity contribution in [2.45, 2.75) is 0 Å². The van der Waals surface area contributed by atoms with Crippen molar-refractivity contribution in [1.82, 2.24) is 9.80 Å². The Morgan fingerprint density at radius 3 is 2.54 bits per heavy atom. The van der Waals surface area contributed by atoms with Crippen LogP contribution >= 0.6 is 11.3 Å². The molecule has 1 fully saturated rings. The molecule has 0 bridgehead atoms. The van der Waals surface area contributed by atoms with Crippen molar-refractivity contribution in [3.63, 3.8) is 0 Å². The van der Waals surface area contributed by atoms with Gasteiger partial charge >= 0.3 is 5.97 Å². The number of carbonyl (C=O) groups excluding carboxylic acids is 2. The average molecular weight is 400 g/mol. The van der Waals surface area contributed by atoms with E-state index in [0.29, 0.717) is 17.1 Å². The fraction of sp³-hybridized carbons (Fsp3) is 0.333. The van der Waals surface area contributed by atoms with Gasteiger partial charge in [-0.2, -0.15) is 0 Å². The molecule has 0 spiro atoms. The molecule has 28 heavy (non-hydrogen) atoms. The predicted octanol–water partition coefficient (Wildman–Crippen LogP) is 2.80. The lowest BCUT2D eigenvalue weighted by Gasteiger charge is -2.33. The summed E-state index contributed by atoms with van der Waals surface area (Å²) in [7, 11) is 1.33. The molecule has 0 unspecified atom stereocenters. The highest BCUT2D eigenvalue weighted by Gasteiger charge is 2.20. The van der Waals surface area contributed by atoms with Crippen LogP contribution in [-0.4, -0.2) is 68.1 Å². The van der Waals surface area contributed by atoms with Gasteiger partial charge in [-0.3, -0.25) is 14.6 Å². The Balaban J connectivity index is 1.40. The molecule has 2 heterocycles. The summed E-state index contributed by atoms with van der Waals surface area (Å²) in [5, 5.41) is 5.14. The highest BCUT2D eigenvalue weighted by Crippen LogP contribution is 2.23. The molecule has 1 N–H and O–H groups in total. The van der Waals surface area contributed by atoms with Crippen LogP contribution in [0.25, 0.3) is 6.08 Å². The van der Waals surface area contributed by atoms with Gasteiger partial charge < -0.3 is 10.1 Å². The Kier molecular flexibility index (Phi) is 7.36. The zero-order valence-corrected chi connectivity index (χ0v) is 16.8. The fourth-order valence-corrected chi connectivity index (χ4v) is 3.87. The number of amides is 1. The third kappa shape index (κ3) is 5.76. The number of anilines is 1. The van der Waals surface area contributed by atoms with E-state index in [1.165, 1.54) is 24.0 Å². The third-order valence-electron chi connectivity index (χ3n) is 4.63. The molecule has 2 aromatic rings. The lowest BCUT2D eigenvalue weighted by molar-refractivity contribution is -0.117. The molecule has 3 rings (SSSR count). The SMILES string of the molecule is COC(=O)c1ccsc1NC(=O)CN1CCN(CC=Cc2ccccc2)CC1. The molecular formula is C21H25N3O3S. The van der Waals surface area contributed by atoms with Crippen molar-refractivity contribution in [3.8, 4) is 0 Å². The van der Waals surface area contributed by atoms with Crippen molar-refractivity contribution in [3.05, 3.63) is 59.0 Å². The number of thiophene rings is 1. The Morgan fingerprint density at radius 1 is 1.11 bits per heavy atom. The maximum absolute atomic E-state index is 12.3. The number of hydrogen-bond acceptors (Lipinski definition) is 6. The Bertz CT molecular complexity index is 811. The number of methoxy groups -OCH3 is 1. The van der Waals surface area contributed by atoms with Crippen LogP contribution in [0.15, 0.2) is 47.9 Å². The molecule has 148 valence electrons. The molecule has 1 aromatic heterocycles. The second-order valence-corrected chi connectivity index (χ2v) is 7.51. The number of rotatable bonds is 7. The van der Waals surface area contributed by atoms with Gasteiger partial charge in [-0.05, 0) is 17.0 Å². The van der Waals surface area contributed by atoms with E-state index in [1.54, 1.807) is 11.4 Å². The lowest BCUT2D eigenvalue weighted by Crippen LogP contribution is -2.48. The van der Waals surface area contributed by atoms with Gasteiger partial charge in [0.2, 0.25) is 5.91 Å². The first kappa shape index (κ1) is 20.3. The maximum atomic E-state index is 12.3. The van der Waals surface area contributed by atoms with E-state index in [9.17, 15) is 9.59 Å². The van der Waals surface area contributed by atoms with E-state index in [2.05, 4.69) is 39.4 Å². The molecule has 1 saturated heterocycles. The summed E-state index contributed by atoms with van der Waals surface area (Å²) in [6.07, 6.45) is 4.32. The molecule has 1 aliphatic rings. The van der Waals surface area contributed by atoms with E-state index in [1.807, 2.05) is 18.2 Å². The van der Waals surface area contributed by atoms with E-state index in [0.717, 1.165) is 32.7 Å². The van der Waals surface area contributed by atoms with Crippen molar-refractivity contribution >= 4 is 34.3 Å². The minimum atomic E-state index is -0.436. The van der Waals surface area contributed by atoms with Crippen LogP contribution in [0.1, 0.15) is 15.9 Å². The Labute approximate surface area is 169 Å². The average Bonchev–Trinajstić information content (AvgIpc) is 3.17. The van der Waals surface area contributed by atoms with Crippen LogP contribution in [0.3, 0.4) is 0 Å². The van der Waals surface area contributed by atoms with Crippen LogP contribution in [0.2, 0.25) is 0 Å². The molecule has 0 aliphatic carbocycles. The number of piperazine rings is 1. The van der Waals surface area contributed by atoms with Gasteiger partial charge in [0.25, 0.3) is 0 Å². The standard InChI is InChI=1S/C21H25N3O3S/c1-27-21(26)18-9-15-28-20(18)22-19(25)16-24-13-11-23(12-14-24)10-5-8-17-6-3-2-4-7-17/h2-9,15H,10-14,16H2,1H3,(H,22,25). The molecule has 1 aliphatic heterocycles. The van der Waals surface area contributed by atoms with Crippen molar-refractivity contribution in [2.75, 3.05) is 51.7 Å². The molecule has 6 nitrogen and oxygen atoms in total.